The fourth-order valence-electron chi connectivity index (χ4n) is 1.50. The van der Waals surface area contributed by atoms with Crippen LogP contribution in [0.25, 0.3) is 0 Å². The fourth-order valence-corrected chi connectivity index (χ4v) is 1.50. The molecule has 0 atom stereocenters. The normalized spacial score (nSPS) is 16.4. The van der Waals surface area contributed by atoms with Crippen LogP contribution in [0, 0.1) is 17.0 Å². The Balaban J connectivity index is 2.17. The Hall–Kier alpha value is -1.98. The Morgan fingerprint density at radius 1 is 1.29 bits per heavy atom. The zero-order valence-corrected chi connectivity index (χ0v) is 8.67. The van der Waals surface area contributed by atoms with Gasteiger partial charge in [-0.3, -0.25) is 9.59 Å². The van der Waals surface area contributed by atoms with E-state index in [-0.39, 0.29) is 18.5 Å². The van der Waals surface area contributed by atoms with E-state index in [1.54, 1.807) is 0 Å². The number of hydrogen-bond acceptors (Lipinski definition) is 2. The zero-order chi connectivity index (χ0) is 12.6. The zero-order valence-electron chi connectivity index (χ0n) is 8.67. The maximum absolute atomic E-state index is 13.2. The van der Waals surface area contributed by atoms with Crippen molar-refractivity contribution in [3.8, 4) is 0 Å². The van der Waals surface area contributed by atoms with Gasteiger partial charge in [0.25, 0.3) is 0 Å². The molecule has 1 aliphatic rings. The summed E-state index contributed by atoms with van der Waals surface area (Å²) < 4.78 is 25.8. The van der Waals surface area contributed by atoms with Crippen LogP contribution in [-0.4, -0.2) is 17.0 Å². The van der Waals surface area contributed by atoms with Gasteiger partial charge < -0.3 is 10.4 Å². The van der Waals surface area contributed by atoms with Crippen LogP contribution in [0.2, 0.25) is 0 Å². The number of carboxylic acids is 1. The molecule has 0 bridgehead atoms. The predicted octanol–water partition coefficient (Wildman–Crippen LogP) is 1.77. The second-order valence-corrected chi connectivity index (χ2v) is 3.97. The van der Waals surface area contributed by atoms with Crippen LogP contribution >= 0.6 is 0 Å². The third-order valence-corrected chi connectivity index (χ3v) is 2.77. The molecule has 1 amide bonds. The minimum Gasteiger partial charge on any atom is -0.480 e. The Kier molecular flexibility index (Phi) is 2.57. The summed E-state index contributed by atoms with van der Waals surface area (Å²) in [6.45, 7) is 0. The van der Waals surface area contributed by atoms with Gasteiger partial charge in [-0.1, -0.05) is 0 Å². The Bertz CT molecular complexity index is 497. The van der Waals surface area contributed by atoms with Crippen LogP contribution in [0.5, 0.6) is 0 Å². The minimum atomic E-state index is -1.44. The van der Waals surface area contributed by atoms with E-state index in [0.29, 0.717) is 6.07 Å². The predicted molar refractivity (Wildman–Crippen MR) is 54.3 cm³/mol. The maximum Gasteiger partial charge on any atom is 0.319 e. The number of nitrogens with one attached hydrogen (secondary N) is 1. The Morgan fingerprint density at radius 3 is 2.41 bits per heavy atom. The lowest BCUT2D eigenvalue weighted by Gasteiger charge is -2.11. The highest BCUT2D eigenvalue weighted by Gasteiger charge is 2.57. The van der Waals surface area contributed by atoms with Gasteiger partial charge in [-0.15, -0.1) is 0 Å². The van der Waals surface area contributed by atoms with Crippen molar-refractivity contribution in [2.24, 2.45) is 5.41 Å². The third-order valence-electron chi connectivity index (χ3n) is 2.77. The molecule has 0 radical (unpaired) electrons. The second-order valence-electron chi connectivity index (χ2n) is 3.97. The maximum atomic E-state index is 13.2. The first-order valence-corrected chi connectivity index (χ1v) is 4.95. The largest absolute Gasteiger partial charge is 0.480 e. The average molecular weight is 241 g/mol. The Labute approximate surface area is 95.2 Å². The molecule has 0 unspecified atom stereocenters. The number of benzene rings is 1. The van der Waals surface area contributed by atoms with Crippen molar-refractivity contribution in [1.82, 2.24) is 0 Å². The molecule has 17 heavy (non-hydrogen) atoms. The number of rotatable bonds is 3. The van der Waals surface area contributed by atoms with Crippen molar-refractivity contribution in [2.45, 2.75) is 12.8 Å². The van der Waals surface area contributed by atoms with Crippen molar-refractivity contribution in [1.29, 1.82) is 0 Å². The first kappa shape index (κ1) is 11.5. The third kappa shape index (κ3) is 1.98. The van der Waals surface area contributed by atoms with Gasteiger partial charge in [0, 0.05) is 6.07 Å². The van der Waals surface area contributed by atoms with Crippen molar-refractivity contribution in [3.05, 3.63) is 29.8 Å². The molecule has 1 fully saturated rings. The van der Waals surface area contributed by atoms with Gasteiger partial charge in [0.2, 0.25) is 5.91 Å². The van der Waals surface area contributed by atoms with Crippen LogP contribution < -0.4 is 5.32 Å². The molecule has 0 heterocycles. The highest BCUT2D eigenvalue weighted by molar-refractivity contribution is 6.10. The summed E-state index contributed by atoms with van der Waals surface area (Å²) in [5.41, 5.74) is -1.66. The molecule has 2 N–H and O–H groups in total. The van der Waals surface area contributed by atoms with Crippen molar-refractivity contribution >= 4 is 17.6 Å². The van der Waals surface area contributed by atoms with Crippen LogP contribution in [0.4, 0.5) is 14.5 Å². The summed E-state index contributed by atoms with van der Waals surface area (Å²) in [6.07, 6.45) is 0.466. The number of aliphatic carboxylic acids is 1. The van der Waals surface area contributed by atoms with E-state index < -0.39 is 28.9 Å². The van der Waals surface area contributed by atoms with Gasteiger partial charge in [0.05, 0.1) is 5.69 Å². The van der Waals surface area contributed by atoms with E-state index in [1.807, 2.05) is 0 Å². The first-order chi connectivity index (χ1) is 7.95. The van der Waals surface area contributed by atoms with E-state index in [2.05, 4.69) is 5.32 Å². The molecule has 4 nitrogen and oxygen atoms in total. The lowest BCUT2D eigenvalue weighted by atomic mass is 10.1. The van der Waals surface area contributed by atoms with Crippen molar-refractivity contribution in [2.75, 3.05) is 5.32 Å². The summed E-state index contributed by atoms with van der Waals surface area (Å²) >= 11 is 0. The van der Waals surface area contributed by atoms with Gasteiger partial charge in [-0.25, -0.2) is 8.78 Å². The van der Waals surface area contributed by atoms with Gasteiger partial charge in [-0.05, 0) is 25.0 Å². The van der Waals surface area contributed by atoms with E-state index in [4.69, 9.17) is 5.11 Å². The SMILES string of the molecule is O=C(O)C1(C(=O)Nc2ccc(F)cc2F)CC1. The topological polar surface area (TPSA) is 66.4 Å². The second kappa shape index (κ2) is 3.80. The summed E-state index contributed by atoms with van der Waals surface area (Å²) in [5.74, 6) is -3.69. The Morgan fingerprint density at radius 2 is 1.94 bits per heavy atom. The summed E-state index contributed by atoms with van der Waals surface area (Å²) in [4.78, 5) is 22.5. The summed E-state index contributed by atoms with van der Waals surface area (Å²) in [5, 5.41) is 11.0. The molecular formula is C11H9F2NO3. The molecule has 0 aliphatic heterocycles. The number of carbonyl (C=O) groups excluding carboxylic acids is 1. The van der Waals surface area contributed by atoms with Crippen LogP contribution in [0.3, 0.4) is 0 Å². The fraction of sp³-hybridized carbons (Fsp3) is 0.273. The van der Waals surface area contributed by atoms with Crippen LogP contribution in [0.1, 0.15) is 12.8 Å². The standard InChI is InChI=1S/C11H9F2NO3/c12-6-1-2-8(7(13)5-6)14-9(15)11(3-4-11)10(16)17/h1-2,5H,3-4H2,(H,14,15)(H,16,17). The van der Waals surface area contributed by atoms with E-state index in [0.717, 1.165) is 12.1 Å². The lowest BCUT2D eigenvalue weighted by Crippen LogP contribution is -2.31. The molecule has 1 saturated carbocycles. The molecule has 2 rings (SSSR count). The molecular weight excluding hydrogens is 232 g/mol. The average Bonchev–Trinajstić information content (AvgIpc) is 3.02. The monoisotopic (exact) mass is 241 g/mol. The highest BCUT2D eigenvalue weighted by Crippen LogP contribution is 2.46. The number of carboxylic acid groups (broad SMARTS) is 1. The molecule has 0 saturated heterocycles. The number of carbonyl (C=O) groups is 2. The number of amides is 1. The van der Waals surface area contributed by atoms with E-state index >= 15 is 0 Å². The number of anilines is 1. The highest BCUT2D eigenvalue weighted by atomic mass is 19.1. The molecule has 6 heteroatoms. The molecule has 1 aromatic rings. The number of halogens is 2. The van der Waals surface area contributed by atoms with Gasteiger partial charge in [0.15, 0.2) is 0 Å². The lowest BCUT2D eigenvalue weighted by molar-refractivity contribution is -0.147. The van der Waals surface area contributed by atoms with Crippen LogP contribution in [0.15, 0.2) is 18.2 Å². The smallest absolute Gasteiger partial charge is 0.319 e. The number of hydrogen-bond donors (Lipinski definition) is 2. The van der Waals surface area contributed by atoms with Crippen LogP contribution in [-0.2, 0) is 9.59 Å². The van der Waals surface area contributed by atoms with Crippen molar-refractivity contribution < 1.29 is 23.5 Å². The van der Waals surface area contributed by atoms with Crippen molar-refractivity contribution in [3.63, 3.8) is 0 Å². The minimum absolute atomic E-state index is 0.219. The molecule has 1 aromatic carbocycles. The van der Waals surface area contributed by atoms with E-state index in [1.165, 1.54) is 0 Å². The van der Waals surface area contributed by atoms with Gasteiger partial charge in [0.1, 0.15) is 17.0 Å². The van der Waals surface area contributed by atoms with Gasteiger partial charge >= 0.3 is 5.97 Å². The molecule has 0 spiro atoms. The summed E-state index contributed by atoms with van der Waals surface area (Å²) in [7, 11) is 0. The van der Waals surface area contributed by atoms with E-state index in [9.17, 15) is 18.4 Å². The quantitative estimate of drug-likeness (QED) is 0.792. The molecule has 90 valence electrons. The molecule has 1 aliphatic carbocycles. The molecule has 0 aromatic heterocycles. The summed E-state index contributed by atoms with van der Waals surface area (Å²) in [6, 6.07) is 2.66. The first-order valence-electron chi connectivity index (χ1n) is 4.95. The van der Waals surface area contributed by atoms with Gasteiger partial charge in [-0.2, -0.15) is 0 Å².